The zero-order valence-electron chi connectivity index (χ0n) is 11.0. The lowest BCUT2D eigenvalue weighted by molar-refractivity contribution is -0.384. The number of nitro benzene ring substituents is 1. The highest BCUT2D eigenvalue weighted by Gasteiger charge is 2.29. The van der Waals surface area contributed by atoms with Crippen LogP contribution in [-0.4, -0.2) is 9.13 Å². The van der Waals surface area contributed by atoms with Crippen LogP contribution in [0, 0.1) is 10.1 Å². The number of alkyl halides is 3. The Morgan fingerprint density at radius 2 is 1.55 bits per heavy atom. The highest BCUT2D eigenvalue weighted by Crippen LogP contribution is 2.29. The Hall–Kier alpha value is -2.22. The van der Waals surface area contributed by atoms with Crippen LogP contribution in [0.15, 0.2) is 53.4 Å². The maximum absolute atomic E-state index is 12.4. The molecule has 1 atom stereocenters. The molecule has 0 aliphatic rings. The van der Waals surface area contributed by atoms with Gasteiger partial charge in [0.05, 0.1) is 27.0 Å². The fourth-order valence-corrected chi connectivity index (χ4v) is 2.85. The van der Waals surface area contributed by atoms with E-state index in [0.29, 0.717) is 10.5 Å². The molecule has 0 heterocycles. The second-order valence-corrected chi connectivity index (χ2v) is 5.89. The van der Waals surface area contributed by atoms with Crippen LogP contribution >= 0.6 is 0 Å². The predicted octanol–water partition coefficient (Wildman–Crippen LogP) is 3.92. The molecule has 0 fully saturated rings. The molecule has 2 aromatic rings. The fraction of sp³-hybridized carbons (Fsp3) is 0.143. The molecule has 0 aliphatic heterocycles. The highest BCUT2D eigenvalue weighted by atomic mass is 32.2. The van der Waals surface area contributed by atoms with Gasteiger partial charge in [0, 0.05) is 17.0 Å². The number of nitro groups is 1. The Kier molecular flexibility index (Phi) is 4.60. The number of benzene rings is 2. The molecule has 0 amide bonds. The summed E-state index contributed by atoms with van der Waals surface area (Å²) in [4.78, 5) is 10.3. The lowest BCUT2D eigenvalue weighted by Gasteiger charge is -2.07. The molecule has 1 unspecified atom stereocenters. The van der Waals surface area contributed by atoms with Crippen LogP contribution in [0.2, 0.25) is 0 Å². The molecule has 2 rings (SSSR count). The van der Waals surface area contributed by atoms with E-state index in [1.807, 2.05) is 0 Å². The van der Waals surface area contributed by atoms with Crippen molar-refractivity contribution in [1.82, 2.24) is 0 Å². The smallest absolute Gasteiger partial charge is 0.258 e. The summed E-state index contributed by atoms with van der Waals surface area (Å²) in [5, 5.41) is 10.5. The van der Waals surface area contributed by atoms with Crippen LogP contribution in [0.4, 0.5) is 18.9 Å². The molecule has 0 radical (unpaired) electrons. The first-order valence-corrected chi connectivity index (χ1v) is 7.38. The minimum atomic E-state index is -4.41. The molecule has 0 aromatic heterocycles. The van der Waals surface area contributed by atoms with Gasteiger partial charge in [-0.2, -0.15) is 13.2 Å². The van der Waals surface area contributed by atoms with E-state index in [0.717, 1.165) is 12.1 Å². The van der Waals surface area contributed by atoms with Gasteiger partial charge < -0.3 is 0 Å². The molecule has 4 nitrogen and oxygen atoms in total. The maximum atomic E-state index is 12.4. The average molecular weight is 329 g/mol. The SMILES string of the molecule is O=[N+]([O-])c1ccc(S(=O)Cc2ccc(C(F)(F)F)cc2)cc1. The van der Waals surface area contributed by atoms with Crippen LogP contribution in [0.25, 0.3) is 0 Å². The largest absolute Gasteiger partial charge is 0.416 e. The van der Waals surface area contributed by atoms with Crippen molar-refractivity contribution >= 4 is 16.5 Å². The first-order chi connectivity index (χ1) is 10.3. The van der Waals surface area contributed by atoms with Gasteiger partial charge in [0.25, 0.3) is 5.69 Å². The van der Waals surface area contributed by atoms with Gasteiger partial charge in [-0.3, -0.25) is 14.3 Å². The summed E-state index contributed by atoms with van der Waals surface area (Å²) < 4.78 is 49.4. The van der Waals surface area contributed by atoms with Crippen LogP contribution in [0.5, 0.6) is 0 Å². The molecule has 22 heavy (non-hydrogen) atoms. The summed E-state index contributed by atoms with van der Waals surface area (Å²) in [5.74, 6) is 0.0376. The Morgan fingerprint density at radius 1 is 1.00 bits per heavy atom. The topological polar surface area (TPSA) is 60.2 Å². The Bertz CT molecular complexity index is 697. The molecular weight excluding hydrogens is 319 g/mol. The monoisotopic (exact) mass is 329 g/mol. The van der Waals surface area contributed by atoms with Crippen molar-refractivity contribution in [3.63, 3.8) is 0 Å². The van der Waals surface area contributed by atoms with Gasteiger partial charge in [0.2, 0.25) is 0 Å². The van der Waals surface area contributed by atoms with Crippen molar-refractivity contribution in [2.75, 3.05) is 0 Å². The van der Waals surface area contributed by atoms with Gasteiger partial charge in [-0.15, -0.1) is 0 Å². The Morgan fingerprint density at radius 3 is 2.00 bits per heavy atom. The summed E-state index contributed by atoms with van der Waals surface area (Å²) in [5.41, 5.74) is -0.391. The first-order valence-electron chi connectivity index (χ1n) is 6.06. The van der Waals surface area contributed by atoms with E-state index < -0.39 is 27.5 Å². The van der Waals surface area contributed by atoms with E-state index in [2.05, 4.69) is 0 Å². The van der Waals surface area contributed by atoms with Gasteiger partial charge in [-0.05, 0) is 29.8 Å². The first kappa shape index (κ1) is 16.2. The predicted molar refractivity (Wildman–Crippen MR) is 74.7 cm³/mol. The van der Waals surface area contributed by atoms with E-state index in [4.69, 9.17) is 0 Å². The average Bonchev–Trinajstić information content (AvgIpc) is 2.47. The van der Waals surface area contributed by atoms with E-state index in [-0.39, 0.29) is 11.4 Å². The molecule has 0 spiro atoms. The standard InChI is InChI=1S/C14H10F3NO3S/c15-14(16,17)11-3-1-10(2-4-11)9-22(21)13-7-5-12(6-8-13)18(19)20/h1-8H,9H2. The van der Waals surface area contributed by atoms with Crippen LogP contribution in [0.3, 0.4) is 0 Å². The zero-order valence-corrected chi connectivity index (χ0v) is 11.9. The quantitative estimate of drug-likeness (QED) is 0.631. The number of non-ortho nitro benzene ring substituents is 1. The van der Waals surface area contributed by atoms with Crippen molar-refractivity contribution in [3.05, 3.63) is 69.8 Å². The Balaban J connectivity index is 2.10. The van der Waals surface area contributed by atoms with Crippen LogP contribution in [0.1, 0.15) is 11.1 Å². The van der Waals surface area contributed by atoms with Gasteiger partial charge in [-0.25, -0.2) is 0 Å². The van der Waals surface area contributed by atoms with Gasteiger partial charge in [-0.1, -0.05) is 12.1 Å². The number of halogens is 3. The number of rotatable bonds is 4. The van der Waals surface area contributed by atoms with Crippen molar-refractivity contribution in [2.45, 2.75) is 16.8 Å². The molecule has 0 saturated carbocycles. The summed E-state index contributed by atoms with van der Waals surface area (Å²) in [6.45, 7) is 0. The summed E-state index contributed by atoms with van der Waals surface area (Å²) in [7, 11) is -1.49. The minimum absolute atomic E-state index is 0.0376. The normalized spacial score (nSPS) is 12.9. The number of nitrogens with zero attached hydrogens (tertiary/aromatic N) is 1. The van der Waals surface area contributed by atoms with E-state index in [1.165, 1.54) is 36.4 Å². The lowest BCUT2D eigenvalue weighted by atomic mass is 10.1. The molecule has 0 saturated heterocycles. The van der Waals surface area contributed by atoms with Gasteiger partial charge in [0.15, 0.2) is 0 Å². The lowest BCUT2D eigenvalue weighted by Crippen LogP contribution is -2.05. The third-order valence-corrected chi connectivity index (χ3v) is 4.28. The second-order valence-electron chi connectivity index (χ2n) is 4.44. The third kappa shape index (κ3) is 3.91. The molecule has 0 bridgehead atoms. The molecule has 2 aromatic carbocycles. The van der Waals surface area contributed by atoms with E-state index in [9.17, 15) is 27.5 Å². The summed E-state index contributed by atoms with van der Waals surface area (Å²) >= 11 is 0. The number of hydrogen-bond acceptors (Lipinski definition) is 3. The Labute approximate surface area is 126 Å². The maximum Gasteiger partial charge on any atom is 0.416 e. The van der Waals surface area contributed by atoms with E-state index >= 15 is 0 Å². The molecule has 8 heteroatoms. The highest BCUT2D eigenvalue weighted by molar-refractivity contribution is 7.84. The van der Waals surface area contributed by atoms with Crippen LogP contribution in [-0.2, 0) is 22.7 Å². The van der Waals surface area contributed by atoms with E-state index in [1.54, 1.807) is 0 Å². The third-order valence-electron chi connectivity index (χ3n) is 2.89. The molecule has 116 valence electrons. The molecular formula is C14H10F3NO3S. The van der Waals surface area contributed by atoms with Crippen molar-refractivity contribution in [2.24, 2.45) is 0 Å². The fourth-order valence-electron chi connectivity index (χ4n) is 1.74. The van der Waals surface area contributed by atoms with Gasteiger partial charge >= 0.3 is 6.18 Å². The van der Waals surface area contributed by atoms with Crippen LogP contribution < -0.4 is 0 Å². The summed E-state index contributed by atoms with van der Waals surface area (Å²) in [6.07, 6.45) is -4.41. The van der Waals surface area contributed by atoms with Gasteiger partial charge in [0.1, 0.15) is 0 Å². The van der Waals surface area contributed by atoms with Crippen molar-refractivity contribution in [3.8, 4) is 0 Å². The number of hydrogen-bond donors (Lipinski definition) is 0. The van der Waals surface area contributed by atoms with Crippen molar-refractivity contribution in [1.29, 1.82) is 0 Å². The molecule has 0 N–H and O–H groups in total. The second kappa shape index (κ2) is 6.27. The summed E-state index contributed by atoms with van der Waals surface area (Å²) in [6, 6.07) is 9.62. The van der Waals surface area contributed by atoms with Crippen molar-refractivity contribution < 1.29 is 22.3 Å². The molecule has 0 aliphatic carbocycles. The zero-order chi connectivity index (χ0) is 16.3. The minimum Gasteiger partial charge on any atom is -0.258 e.